The minimum Gasteiger partial charge on any atom is -0.395 e. The zero-order valence-corrected chi connectivity index (χ0v) is 19.2. The number of nitrogens with zero attached hydrogens (tertiary/aromatic N) is 4. The first kappa shape index (κ1) is 22.2. The molecular formula is C25H28N4O3S. The van der Waals surface area contributed by atoms with Gasteiger partial charge in [-0.05, 0) is 42.6 Å². The summed E-state index contributed by atoms with van der Waals surface area (Å²) in [4.78, 5) is 10.8. The molecule has 8 heteroatoms. The zero-order chi connectivity index (χ0) is 22.8. The van der Waals surface area contributed by atoms with Gasteiger partial charge >= 0.3 is 0 Å². The third-order valence-corrected chi connectivity index (χ3v) is 8.78. The smallest absolute Gasteiger partial charge is 0.243 e. The minimum atomic E-state index is -3.57. The lowest BCUT2D eigenvalue weighted by molar-refractivity contribution is -0.0553. The number of aliphatic hydroxyl groups is 1. The Morgan fingerprint density at radius 1 is 0.909 bits per heavy atom. The normalized spacial score (nSPS) is 24.3. The maximum atomic E-state index is 13.4. The molecule has 0 unspecified atom stereocenters. The second-order valence-corrected chi connectivity index (χ2v) is 10.7. The third kappa shape index (κ3) is 4.19. The molecule has 0 spiro atoms. The molecule has 2 aliphatic rings. The number of sulfonamides is 1. The highest BCUT2D eigenvalue weighted by Crippen LogP contribution is 2.42. The molecule has 3 aromatic rings. The first-order chi connectivity index (χ1) is 16.1. The molecule has 5 rings (SSSR count). The van der Waals surface area contributed by atoms with Gasteiger partial charge in [0.05, 0.1) is 11.5 Å². The Morgan fingerprint density at radius 3 is 2.30 bits per heavy atom. The number of rotatable bonds is 5. The van der Waals surface area contributed by atoms with Crippen LogP contribution in [-0.2, 0) is 10.0 Å². The molecule has 7 nitrogen and oxygen atoms in total. The van der Waals surface area contributed by atoms with Crippen LogP contribution in [0.15, 0.2) is 78.2 Å². The Labute approximate surface area is 194 Å². The zero-order valence-electron chi connectivity index (χ0n) is 18.4. The quantitative estimate of drug-likeness (QED) is 0.625. The summed E-state index contributed by atoms with van der Waals surface area (Å²) in [5.74, 6) is 0.0719. The highest BCUT2D eigenvalue weighted by atomic mass is 32.2. The lowest BCUT2D eigenvalue weighted by atomic mass is 9.74. The van der Waals surface area contributed by atoms with Gasteiger partial charge in [0.15, 0.2) is 0 Å². The largest absolute Gasteiger partial charge is 0.395 e. The van der Waals surface area contributed by atoms with E-state index in [1.165, 1.54) is 6.33 Å². The highest BCUT2D eigenvalue weighted by molar-refractivity contribution is 7.89. The lowest BCUT2D eigenvalue weighted by Crippen LogP contribution is -2.67. The number of fused-ring (bicyclic) bond motifs is 1. The van der Waals surface area contributed by atoms with E-state index in [1.807, 2.05) is 18.2 Å². The molecule has 172 valence electrons. The molecule has 0 amide bonds. The van der Waals surface area contributed by atoms with Crippen molar-refractivity contribution in [1.29, 1.82) is 0 Å². The van der Waals surface area contributed by atoms with Crippen LogP contribution >= 0.6 is 0 Å². The maximum absolute atomic E-state index is 13.4. The van der Waals surface area contributed by atoms with Crippen molar-refractivity contribution in [2.45, 2.75) is 35.7 Å². The second-order valence-electron chi connectivity index (χ2n) is 8.71. The van der Waals surface area contributed by atoms with Crippen molar-refractivity contribution in [2.24, 2.45) is 0 Å². The minimum absolute atomic E-state index is 0.000267. The van der Waals surface area contributed by atoms with E-state index in [0.717, 1.165) is 36.1 Å². The van der Waals surface area contributed by atoms with Gasteiger partial charge in [-0.1, -0.05) is 42.5 Å². The Hall–Kier alpha value is -2.65. The number of hydrogen-bond donors (Lipinski definition) is 1. The van der Waals surface area contributed by atoms with Crippen LogP contribution in [0, 0.1) is 0 Å². The Balaban J connectivity index is 1.42. The van der Waals surface area contributed by atoms with Crippen LogP contribution in [0.3, 0.4) is 0 Å². The van der Waals surface area contributed by atoms with Crippen LogP contribution in [0.25, 0.3) is 11.1 Å². The van der Waals surface area contributed by atoms with Gasteiger partial charge in [-0.15, -0.1) is 0 Å². The molecular weight excluding hydrogens is 436 g/mol. The van der Waals surface area contributed by atoms with Crippen LogP contribution in [0.1, 0.15) is 24.3 Å². The maximum Gasteiger partial charge on any atom is 0.243 e. The molecule has 2 fully saturated rings. The van der Waals surface area contributed by atoms with Crippen molar-refractivity contribution in [3.05, 3.63) is 78.9 Å². The van der Waals surface area contributed by atoms with Crippen molar-refractivity contribution in [3.8, 4) is 11.1 Å². The van der Waals surface area contributed by atoms with Crippen LogP contribution in [0.4, 0.5) is 0 Å². The molecule has 2 saturated heterocycles. The topological polar surface area (TPSA) is 86.6 Å². The first-order valence-corrected chi connectivity index (χ1v) is 12.8. The number of hydrogen-bond acceptors (Lipinski definition) is 6. The SMILES string of the molecule is O=S(=O)(c1ccccc1)N1CCCCN2[C@H](CO)[C@@H](c3ccc(-c4cncnc4)cc3)[C@H]2C1. The fourth-order valence-electron chi connectivity index (χ4n) is 5.21. The van der Waals surface area contributed by atoms with Crippen LogP contribution in [0.5, 0.6) is 0 Å². The molecule has 3 atom stereocenters. The van der Waals surface area contributed by atoms with E-state index in [9.17, 15) is 13.5 Å². The van der Waals surface area contributed by atoms with Crippen LogP contribution < -0.4 is 0 Å². The van der Waals surface area contributed by atoms with Gasteiger partial charge in [0.1, 0.15) is 6.33 Å². The summed E-state index contributed by atoms with van der Waals surface area (Å²) in [5.41, 5.74) is 3.10. The number of aromatic nitrogens is 2. The summed E-state index contributed by atoms with van der Waals surface area (Å²) in [6, 6.07) is 17.0. The average Bonchev–Trinajstić information content (AvgIpc) is 2.84. The third-order valence-electron chi connectivity index (χ3n) is 6.90. The molecule has 1 N–H and O–H groups in total. The van der Waals surface area contributed by atoms with E-state index < -0.39 is 10.0 Å². The molecule has 2 aromatic carbocycles. The molecule has 0 aliphatic carbocycles. The van der Waals surface area contributed by atoms with Gasteiger partial charge < -0.3 is 5.11 Å². The lowest BCUT2D eigenvalue weighted by Gasteiger charge is -2.57. The van der Waals surface area contributed by atoms with E-state index in [4.69, 9.17) is 0 Å². The Kier molecular flexibility index (Phi) is 6.25. The van der Waals surface area contributed by atoms with Gasteiger partial charge in [0.2, 0.25) is 10.0 Å². The summed E-state index contributed by atoms with van der Waals surface area (Å²) in [6.45, 7) is 1.88. The van der Waals surface area contributed by atoms with Gasteiger partial charge in [-0.25, -0.2) is 18.4 Å². The molecule has 2 aliphatic heterocycles. The fraction of sp³-hybridized carbons (Fsp3) is 0.360. The van der Waals surface area contributed by atoms with Gasteiger partial charge in [-0.3, -0.25) is 4.90 Å². The summed E-state index contributed by atoms with van der Waals surface area (Å²) in [7, 11) is -3.57. The monoisotopic (exact) mass is 464 g/mol. The Bertz CT molecular complexity index is 1170. The van der Waals surface area contributed by atoms with Crippen molar-refractivity contribution < 1.29 is 13.5 Å². The van der Waals surface area contributed by atoms with E-state index in [0.29, 0.717) is 18.0 Å². The van der Waals surface area contributed by atoms with Gasteiger partial charge in [0.25, 0.3) is 0 Å². The molecule has 0 saturated carbocycles. The first-order valence-electron chi connectivity index (χ1n) is 11.4. The second kappa shape index (κ2) is 9.30. The van der Waals surface area contributed by atoms with E-state index >= 15 is 0 Å². The van der Waals surface area contributed by atoms with Crippen LogP contribution in [-0.4, -0.2) is 71.0 Å². The number of aliphatic hydroxyl groups excluding tert-OH is 1. The number of benzene rings is 2. The summed E-state index contributed by atoms with van der Waals surface area (Å²) >= 11 is 0. The van der Waals surface area contributed by atoms with Crippen molar-refractivity contribution in [1.82, 2.24) is 19.2 Å². The van der Waals surface area contributed by atoms with Gasteiger partial charge in [0, 0.05) is 49.0 Å². The average molecular weight is 465 g/mol. The molecule has 3 heterocycles. The van der Waals surface area contributed by atoms with E-state index in [1.54, 1.807) is 41.0 Å². The van der Waals surface area contributed by atoms with Crippen molar-refractivity contribution in [3.63, 3.8) is 0 Å². The predicted octanol–water partition coefficient (Wildman–Crippen LogP) is 2.76. The molecule has 1 aromatic heterocycles. The van der Waals surface area contributed by atoms with Crippen LogP contribution in [0.2, 0.25) is 0 Å². The summed E-state index contributed by atoms with van der Waals surface area (Å²) in [5, 5.41) is 10.2. The summed E-state index contributed by atoms with van der Waals surface area (Å²) < 4.78 is 28.4. The fourth-order valence-corrected chi connectivity index (χ4v) is 6.73. The standard InChI is InChI=1S/C25H28N4O3S/c30-17-24-25(20-10-8-19(9-11-20)21-14-26-18-27-15-21)23-16-28(12-4-5-13-29(23)24)33(31,32)22-6-2-1-3-7-22/h1-3,6-11,14-15,18,23-25,30H,4-5,12-13,16-17H2/t23-,24-,25+/m1/s1. The molecule has 0 radical (unpaired) electrons. The molecule has 33 heavy (non-hydrogen) atoms. The van der Waals surface area contributed by atoms with Gasteiger partial charge in [-0.2, -0.15) is 4.31 Å². The van der Waals surface area contributed by atoms with E-state index in [2.05, 4.69) is 27.0 Å². The summed E-state index contributed by atoms with van der Waals surface area (Å²) in [6.07, 6.45) is 6.80. The van der Waals surface area contributed by atoms with Crippen molar-refractivity contribution >= 4 is 10.0 Å². The van der Waals surface area contributed by atoms with Crippen molar-refractivity contribution in [2.75, 3.05) is 26.2 Å². The predicted molar refractivity (Wildman–Crippen MR) is 126 cm³/mol. The highest BCUT2D eigenvalue weighted by Gasteiger charge is 2.50. The molecule has 0 bridgehead atoms. The van der Waals surface area contributed by atoms with E-state index in [-0.39, 0.29) is 24.6 Å². The Morgan fingerprint density at radius 2 is 1.61 bits per heavy atom.